The summed E-state index contributed by atoms with van der Waals surface area (Å²) in [5, 5.41) is 23.5. The molecular weight excluding hydrogens is 326 g/mol. The lowest BCUT2D eigenvalue weighted by Crippen LogP contribution is -2.13. The molecule has 1 fully saturated rings. The number of carbonyl (C=O) groups is 2. The van der Waals surface area contributed by atoms with Crippen LogP contribution in [-0.4, -0.2) is 22.0 Å². The zero-order chi connectivity index (χ0) is 17.1. The molecule has 6 nitrogen and oxygen atoms in total. The summed E-state index contributed by atoms with van der Waals surface area (Å²) in [6.07, 6.45) is 3.76. The normalized spacial score (nSPS) is 14.0. The zero-order valence-corrected chi connectivity index (χ0v) is 13.3. The van der Waals surface area contributed by atoms with Crippen LogP contribution in [0.4, 0.5) is 5.69 Å². The molecule has 120 valence electrons. The van der Waals surface area contributed by atoms with Gasteiger partial charge in [0.1, 0.15) is 11.6 Å². The van der Waals surface area contributed by atoms with E-state index in [0.717, 1.165) is 17.8 Å². The number of hydrogen-bond acceptors (Lipinski definition) is 5. The van der Waals surface area contributed by atoms with Crippen LogP contribution in [-0.2, 0) is 4.79 Å². The summed E-state index contributed by atoms with van der Waals surface area (Å²) in [6.45, 7) is 0. The van der Waals surface area contributed by atoms with Crippen molar-refractivity contribution in [3.63, 3.8) is 0 Å². The predicted octanol–water partition coefficient (Wildman–Crippen LogP) is 3.26. The number of carboxylic acid groups (broad SMARTS) is 1. The molecule has 0 bridgehead atoms. The lowest BCUT2D eigenvalue weighted by Gasteiger charge is -2.04. The Morgan fingerprint density at radius 1 is 1.33 bits per heavy atom. The van der Waals surface area contributed by atoms with Crippen molar-refractivity contribution in [2.45, 2.75) is 18.8 Å². The van der Waals surface area contributed by atoms with E-state index < -0.39 is 11.9 Å². The van der Waals surface area contributed by atoms with E-state index in [4.69, 9.17) is 5.11 Å². The molecule has 1 aliphatic carbocycles. The first-order valence-electron chi connectivity index (χ1n) is 7.29. The minimum atomic E-state index is -1.04. The smallest absolute Gasteiger partial charge is 0.335 e. The third kappa shape index (κ3) is 3.67. The summed E-state index contributed by atoms with van der Waals surface area (Å²) >= 11 is 1.54. The van der Waals surface area contributed by atoms with E-state index in [9.17, 15) is 14.9 Å². The molecule has 3 rings (SSSR count). The summed E-state index contributed by atoms with van der Waals surface area (Å²) in [7, 11) is 0. The quantitative estimate of drug-likeness (QED) is 0.643. The van der Waals surface area contributed by atoms with Gasteiger partial charge < -0.3 is 10.4 Å². The number of hydrogen-bond donors (Lipinski definition) is 2. The molecule has 1 aromatic carbocycles. The number of nitrogens with one attached hydrogen (secondary N) is 1. The number of carbonyl (C=O) groups excluding carboxylic acids is 1. The lowest BCUT2D eigenvalue weighted by molar-refractivity contribution is -0.112. The van der Waals surface area contributed by atoms with Crippen molar-refractivity contribution in [2.75, 3.05) is 5.32 Å². The second-order valence-electron chi connectivity index (χ2n) is 5.39. The fourth-order valence-electron chi connectivity index (χ4n) is 2.08. The molecule has 24 heavy (non-hydrogen) atoms. The van der Waals surface area contributed by atoms with Gasteiger partial charge in [-0.3, -0.25) is 4.79 Å². The molecule has 1 saturated carbocycles. The number of benzene rings is 1. The number of carboxylic acids is 1. The molecule has 1 heterocycles. The molecule has 0 radical (unpaired) electrons. The molecule has 0 aliphatic heterocycles. The zero-order valence-electron chi connectivity index (χ0n) is 12.5. The van der Waals surface area contributed by atoms with Gasteiger partial charge in [0.25, 0.3) is 5.91 Å². The van der Waals surface area contributed by atoms with Crippen molar-refractivity contribution in [2.24, 2.45) is 0 Å². The van der Waals surface area contributed by atoms with Gasteiger partial charge in [0.05, 0.1) is 16.3 Å². The van der Waals surface area contributed by atoms with Crippen LogP contribution >= 0.6 is 11.3 Å². The van der Waals surface area contributed by atoms with Crippen LogP contribution in [0.15, 0.2) is 35.2 Å². The van der Waals surface area contributed by atoms with E-state index in [1.165, 1.54) is 30.3 Å². The molecule has 0 spiro atoms. The van der Waals surface area contributed by atoms with Crippen molar-refractivity contribution in [3.8, 4) is 6.07 Å². The van der Waals surface area contributed by atoms with Gasteiger partial charge in [-0.1, -0.05) is 0 Å². The van der Waals surface area contributed by atoms with Crippen LogP contribution in [0.3, 0.4) is 0 Å². The molecule has 1 amide bonds. The Hall–Kier alpha value is -2.98. The van der Waals surface area contributed by atoms with Gasteiger partial charge >= 0.3 is 5.97 Å². The number of amides is 1. The third-order valence-electron chi connectivity index (χ3n) is 3.51. The topological polar surface area (TPSA) is 103 Å². The molecule has 7 heteroatoms. The van der Waals surface area contributed by atoms with Crippen molar-refractivity contribution in [1.82, 2.24) is 4.98 Å². The van der Waals surface area contributed by atoms with Gasteiger partial charge in [-0.15, -0.1) is 11.3 Å². The monoisotopic (exact) mass is 339 g/mol. The van der Waals surface area contributed by atoms with Crippen molar-refractivity contribution in [1.29, 1.82) is 5.26 Å². The van der Waals surface area contributed by atoms with E-state index in [1.54, 1.807) is 11.3 Å². The van der Waals surface area contributed by atoms with Crippen LogP contribution in [0.1, 0.15) is 39.8 Å². The second kappa shape index (κ2) is 6.64. The highest BCUT2D eigenvalue weighted by Gasteiger charge is 2.26. The van der Waals surface area contributed by atoms with Gasteiger partial charge in [-0.25, -0.2) is 9.78 Å². The molecule has 0 unspecified atom stereocenters. The minimum absolute atomic E-state index is 0.0510. The number of thiazole rings is 1. The molecular formula is C17H13N3O3S. The summed E-state index contributed by atoms with van der Waals surface area (Å²) in [5.74, 6) is -1.06. The summed E-state index contributed by atoms with van der Waals surface area (Å²) < 4.78 is 0. The van der Waals surface area contributed by atoms with Crippen molar-refractivity contribution >= 4 is 35.0 Å². The maximum Gasteiger partial charge on any atom is 0.335 e. The second-order valence-corrected chi connectivity index (χ2v) is 6.28. The SMILES string of the molecule is N#C/C(=C\c1csc(C2CC2)n1)C(=O)Nc1ccc(C(=O)O)cc1. The van der Waals surface area contributed by atoms with E-state index in [0.29, 0.717) is 17.3 Å². The van der Waals surface area contributed by atoms with Crippen molar-refractivity contribution < 1.29 is 14.7 Å². The Morgan fingerprint density at radius 3 is 2.62 bits per heavy atom. The molecule has 1 aromatic heterocycles. The van der Waals surface area contributed by atoms with Crippen LogP contribution in [0, 0.1) is 11.3 Å². The Balaban J connectivity index is 1.72. The maximum absolute atomic E-state index is 12.2. The molecule has 1 aliphatic rings. The van der Waals surface area contributed by atoms with Gasteiger partial charge in [0.2, 0.25) is 0 Å². The van der Waals surface area contributed by atoms with Crippen LogP contribution < -0.4 is 5.32 Å². The fraction of sp³-hybridized carbons (Fsp3) is 0.176. The van der Waals surface area contributed by atoms with E-state index in [-0.39, 0.29) is 11.1 Å². The van der Waals surface area contributed by atoms with Gasteiger partial charge in [0, 0.05) is 17.0 Å². The predicted molar refractivity (Wildman–Crippen MR) is 89.7 cm³/mol. The first kappa shape index (κ1) is 15.9. The van der Waals surface area contributed by atoms with Crippen molar-refractivity contribution in [3.05, 3.63) is 51.5 Å². The Labute approximate surface area is 142 Å². The number of nitriles is 1. The number of aromatic nitrogens is 1. The summed E-state index contributed by atoms with van der Waals surface area (Å²) in [4.78, 5) is 27.4. The molecule has 2 N–H and O–H groups in total. The lowest BCUT2D eigenvalue weighted by atomic mass is 10.2. The Bertz CT molecular complexity index is 858. The first-order valence-corrected chi connectivity index (χ1v) is 8.16. The average Bonchev–Trinajstić information content (AvgIpc) is 3.32. The van der Waals surface area contributed by atoms with Gasteiger partial charge in [0.15, 0.2) is 0 Å². The van der Waals surface area contributed by atoms with Crippen LogP contribution in [0.2, 0.25) is 0 Å². The highest BCUT2D eigenvalue weighted by atomic mass is 32.1. The highest BCUT2D eigenvalue weighted by Crippen LogP contribution is 2.41. The highest BCUT2D eigenvalue weighted by molar-refractivity contribution is 7.09. The summed E-state index contributed by atoms with van der Waals surface area (Å²) in [5.41, 5.74) is 1.10. The summed E-state index contributed by atoms with van der Waals surface area (Å²) in [6, 6.07) is 7.60. The third-order valence-corrected chi connectivity index (χ3v) is 4.54. The van der Waals surface area contributed by atoms with E-state index >= 15 is 0 Å². The number of anilines is 1. The number of nitrogens with zero attached hydrogens (tertiary/aromatic N) is 2. The minimum Gasteiger partial charge on any atom is -0.478 e. The van der Waals surface area contributed by atoms with Crippen LogP contribution in [0.25, 0.3) is 6.08 Å². The maximum atomic E-state index is 12.2. The van der Waals surface area contributed by atoms with Gasteiger partial charge in [-0.2, -0.15) is 5.26 Å². The standard InChI is InChI=1S/C17H13N3O3S/c18-8-12(7-14-9-24-16(20-14)10-1-2-10)15(21)19-13-5-3-11(4-6-13)17(22)23/h3-7,9-10H,1-2H2,(H,19,21)(H,22,23)/b12-7+. The van der Waals surface area contributed by atoms with Gasteiger partial charge in [-0.05, 0) is 43.2 Å². The molecule has 2 aromatic rings. The Kier molecular flexibility index (Phi) is 4.40. The van der Waals surface area contributed by atoms with Crippen LogP contribution in [0.5, 0.6) is 0 Å². The molecule has 0 saturated heterocycles. The number of aromatic carboxylic acids is 1. The average molecular weight is 339 g/mol. The fourth-order valence-corrected chi connectivity index (χ4v) is 3.02. The van der Waals surface area contributed by atoms with E-state index in [2.05, 4.69) is 10.3 Å². The van der Waals surface area contributed by atoms with E-state index in [1.807, 2.05) is 11.4 Å². The molecule has 0 atom stereocenters. The largest absolute Gasteiger partial charge is 0.478 e. The Morgan fingerprint density at radius 2 is 2.04 bits per heavy atom. The first-order chi connectivity index (χ1) is 11.6. The number of rotatable bonds is 5.